The van der Waals surface area contributed by atoms with Gasteiger partial charge in [-0.25, -0.2) is 0 Å². The molecule has 1 unspecified atom stereocenters. The largest absolute Gasteiger partial charge is 0.350 e. The fraction of sp³-hybridized carbons (Fsp3) is 0.867. The van der Waals surface area contributed by atoms with Crippen molar-refractivity contribution >= 4 is 5.91 Å². The van der Waals surface area contributed by atoms with Gasteiger partial charge in [0.15, 0.2) is 0 Å². The number of nitrogens with zero attached hydrogens (tertiary/aromatic N) is 1. The van der Waals surface area contributed by atoms with Crippen molar-refractivity contribution in [2.24, 2.45) is 23.7 Å². The van der Waals surface area contributed by atoms with E-state index in [-0.39, 0.29) is 17.4 Å². The van der Waals surface area contributed by atoms with Crippen LogP contribution in [0.3, 0.4) is 0 Å². The van der Waals surface area contributed by atoms with Crippen LogP contribution in [0.1, 0.15) is 51.9 Å². The fourth-order valence-electron chi connectivity index (χ4n) is 4.88. The number of amides is 1. The normalized spacial score (nSPS) is 42.3. The summed E-state index contributed by atoms with van der Waals surface area (Å²) in [5.74, 6) is 2.48. The zero-order valence-electron chi connectivity index (χ0n) is 11.1. The van der Waals surface area contributed by atoms with Gasteiger partial charge in [-0.3, -0.25) is 4.79 Å². The Labute approximate surface area is 109 Å². The lowest BCUT2D eigenvalue weighted by Gasteiger charge is -2.57. The molecule has 0 radical (unpaired) electrons. The number of nitriles is 1. The number of hydrogen-bond acceptors (Lipinski definition) is 2. The summed E-state index contributed by atoms with van der Waals surface area (Å²) in [7, 11) is 0. The summed E-state index contributed by atoms with van der Waals surface area (Å²) in [5, 5.41) is 12.0. The Hall–Kier alpha value is -1.04. The second-order valence-electron chi connectivity index (χ2n) is 6.95. The first-order chi connectivity index (χ1) is 8.60. The topological polar surface area (TPSA) is 52.9 Å². The molecule has 4 bridgehead atoms. The van der Waals surface area contributed by atoms with Gasteiger partial charge in [0.1, 0.15) is 0 Å². The van der Waals surface area contributed by atoms with Gasteiger partial charge in [0, 0.05) is 17.9 Å². The third-order valence-corrected chi connectivity index (χ3v) is 5.27. The van der Waals surface area contributed by atoms with Crippen LogP contribution in [0.25, 0.3) is 0 Å². The minimum atomic E-state index is -0.164. The highest BCUT2D eigenvalue weighted by Crippen LogP contribution is 2.55. The second-order valence-corrected chi connectivity index (χ2v) is 6.95. The molecule has 4 aliphatic rings. The van der Waals surface area contributed by atoms with Gasteiger partial charge in [-0.15, -0.1) is 0 Å². The van der Waals surface area contributed by atoms with E-state index in [9.17, 15) is 4.79 Å². The molecule has 1 amide bonds. The molecule has 18 heavy (non-hydrogen) atoms. The molecule has 0 aromatic heterocycles. The molecule has 1 atom stereocenters. The average Bonchev–Trinajstić information content (AvgIpc) is 2.26. The van der Waals surface area contributed by atoms with Crippen LogP contribution in [-0.4, -0.2) is 11.4 Å². The van der Waals surface area contributed by atoms with E-state index in [1.807, 2.05) is 6.92 Å². The molecule has 98 valence electrons. The summed E-state index contributed by atoms with van der Waals surface area (Å²) in [6, 6.07) is 2.10. The number of nitrogens with one attached hydrogen (secondary N) is 1. The maximum Gasteiger partial charge on any atom is 0.224 e. The summed E-state index contributed by atoms with van der Waals surface area (Å²) in [5.41, 5.74) is 0.0928. The molecule has 1 N–H and O–H groups in total. The van der Waals surface area contributed by atoms with E-state index in [1.54, 1.807) is 0 Å². The Kier molecular flexibility index (Phi) is 2.84. The van der Waals surface area contributed by atoms with Gasteiger partial charge in [0.2, 0.25) is 5.91 Å². The number of rotatable bonds is 3. The minimum absolute atomic E-state index is 0.0928. The third kappa shape index (κ3) is 2.02. The van der Waals surface area contributed by atoms with E-state index < -0.39 is 0 Å². The Morgan fingerprint density at radius 2 is 1.78 bits per heavy atom. The molecule has 0 aromatic carbocycles. The average molecular weight is 246 g/mol. The Morgan fingerprint density at radius 1 is 1.28 bits per heavy atom. The second kappa shape index (κ2) is 4.26. The maximum atomic E-state index is 12.2. The Balaban J connectivity index is 1.69. The van der Waals surface area contributed by atoms with Crippen molar-refractivity contribution in [2.75, 3.05) is 0 Å². The third-order valence-electron chi connectivity index (χ3n) is 5.27. The molecule has 4 fully saturated rings. The van der Waals surface area contributed by atoms with Gasteiger partial charge >= 0.3 is 0 Å². The highest BCUT2D eigenvalue weighted by atomic mass is 16.2. The zero-order valence-corrected chi connectivity index (χ0v) is 11.1. The highest BCUT2D eigenvalue weighted by Gasteiger charge is 2.51. The van der Waals surface area contributed by atoms with Crippen molar-refractivity contribution in [1.29, 1.82) is 5.26 Å². The number of hydrogen-bond donors (Lipinski definition) is 1. The summed E-state index contributed by atoms with van der Waals surface area (Å²) < 4.78 is 0. The van der Waals surface area contributed by atoms with Crippen LogP contribution in [0.4, 0.5) is 0 Å². The van der Waals surface area contributed by atoms with Crippen molar-refractivity contribution in [3.8, 4) is 6.07 Å². The molecule has 3 nitrogen and oxygen atoms in total. The first-order valence-electron chi connectivity index (χ1n) is 7.29. The van der Waals surface area contributed by atoms with Gasteiger partial charge in [-0.1, -0.05) is 6.92 Å². The Morgan fingerprint density at radius 3 is 2.22 bits per heavy atom. The van der Waals surface area contributed by atoms with Crippen molar-refractivity contribution in [3.05, 3.63) is 0 Å². The van der Waals surface area contributed by atoms with E-state index in [0.29, 0.717) is 6.42 Å². The van der Waals surface area contributed by atoms with Crippen LogP contribution in [-0.2, 0) is 4.79 Å². The van der Waals surface area contributed by atoms with Crippen LogP contribution >= 0.6 is 0 Å². The van der Waals surface area contributed by atoms with E-state index in [4.69, 9.17) is 5.26 Å². The molecule has 0 spiro atoms. The van der Waals surface area contributed by atoms with Crippen molar-refractivity contribution < 1.29 is 4.79 Å². The van der Waals surface area contributed by atoms with E-state index in [2.05, 4.69) is 11.4 Å². The summed E-state index contributed by atoms with van der Waals surface area (Å²) >= 11 is 0. The molecule has 0 heterocycles. The van der Waals surface area contributed by atoms with Crippen molar-refractivity contribution in [2.45, 2.75) is 57.4 Å². The smallest absolute Gasteiger partial charge is 0.224 e. The first kappa shape index (κ1) is 12.0. The molecule has 0 saturated heterocycles. The standard InChI is InChI=1S/C15H22N2O/c1-10(2-3-16)14(18)17-15-7-11-4-12(8-15)6-13(5-11)9-15/h10-13H,2,4-9H2,1H3,(H,17,18). The van der Waals surface area contributed by atoms with Gasteiger partial charge in [-0.05, 0) is 56.3 Å². The SMILES string of the molecule is CC(CC#N)C(=O)NC12CC3CC(CC(C3)C1)C2. The minimum Gasteiger partial charge on any atom is -0.350 e. The molecular formula is C15H22N2O. The van der Waals surface area contributed by atoms with Crippen LogP contribution < -0.4 is 5.32 Å². The highest BCUT2D eigenvalue weighted by molar-refractivity contribution is 5.79. The predicted molar refractivity (Wildman–Crippen MR) is 68.4 cm³/mol. The molecule has 0 aliphatic heterocycles. The predicted octanol–water partition coefficient (Wildman–Crippen LogP) is 2.62. The van der Waals surface area contributed by atoms with Crippen LogP contribution in [0.2, 0.25) is 0 Å². The van der Waals surface area contributed by atoms with E-state index in [0.717, 1.165) is 17.8 Å². The molecule has 4 rings (SSSR count). The molecule has 3 heteroatoms. The van der Waals surface area contributed by atoms with Gasteiger partial charge in [0.25, 0.3) is 0 Å². The summed E-state index contributed by atoms with van der Waals surface area (Å²) in [4.78, 5) is 12.2. The monoisotopic (exact) mass is 246 g/mol. The summed E-state index contributed by atoms with van der Waals surface area (Å²) in [6.07, 6.45) is 8.06. The van der Waals surface area contributed by atoms with Gasteiger partial charge in [-0.2, -0.15) is 5.26 Å². The van der Waals surface area contributed by atoms with Crippen LogP contribution in [0.5, 0.6) is 0 Å². The fourth-order valence-corrected chi connectivity index (χ4v) is 4.88. The van der Waals surface area contributed by atoms with E-state index in [1.165, 1.54) is 38.5 Å². The lowest BCUT2D eigenvalue weighted by atomic mass is 9.53. The van der Waals surface area contributed by atoms with Crippen molar-refractivity contribution in [3.63, 3.8) is 0 Å². The van der Waals surface area contributed by atoms with Gasteiger partial charge in [0.05, 0.1) is 6.07 Å². The van der Waals surface area contributed by atoms with E-state index >= 15 is 0 Å². The molecular weight excluding hydrogens is 224 g/mol. The van der Waals surface area contributed by atoms with Gasteiger partial charge < -0.3 is 5.32 Å². The number of carbonyl (C=O) groups excluding carboxylic acids is 1. The Bertz CT molecular complexity index is 361. The number of carbonyl (C=O) groups is 1. The van der Waals surface area contributed by atoms with Crippen molar-refractivity contribution in [1.82, 2.24) is 5.32 Å². The molecule has 0 aromatic rings. The summed E-state index contributed by atoms with van der Waals surface area (Å²) in [6.45, 7) is 1.86. The lowest BCUT2D eigenvalue weighted by Crippen LogP contribution is -2.60. The zero-order chi connectivity index (χ0) is 12.8. The van der Waals surface area contributed by atoms with Crippen LogP contribution in [0.15, 0.2) is 0 Å². The first-order valence-corrected chi connectivity index (χ1v) is 7.29. The lowest BCUT2D eigenvalue weighted by molar-refractivity contribution is -0.130. The maximum absolute atomic E-state index is 12.2. The quantitative estimate of drug-likeness (QED) is 0.832. The molecule has 4 aliphatic carbocycles. The van der Waals surface area contributed by atoms with Crippen LogP contribution in [0, 0.1) is 35.0 Å². The molecule has 4 saturated carbocycles.